The largest absolute Gasteiger partial charge is 0.384 e. The number of unbranched alkanes of at least 4 members (excludes halogenated alkanes) is 1. The van der Waals surface area contributed by atoms with E-state index in [0.717, 1.165) is 18.4 Å². The number of primary sulfonamides is 1. The predicted molar refractivity (Wildman–Crippen MR) is 135 cm³/mol. The third-order valence-electron chi connectivity index (χ3n) is 5.32. The number of benzene rings is 3. The van der Waals surface area contributed by atoms with E-state index in [2.05, 4.69) is 12.2 Å². The molecule has 0 aliphatic heterocycles. The van der Waals surface area contributed by atoms with Crippen molar-refractivity contribution in [3.63, 3.8) is 0 Å². The van der Waals surface area contributed by atoms with E-state index in [9.17, 15) is 13.2 Å². The summed E-state index contributed by atoms with van der Waals surface area (Å²) in [7, 11) is -3.87. The van der Waals surface area contributed by atoms with Crippen LogP contribution in [0.4, 0.5) is 10.5 Å². The molecule has 34 heavy (non-hydrogen) atoms. The first-order chi connectivity index (χ1) is 16.2. The zero-order chi connectivity index (χ0) is 24.7. The number of amidine groups is 1. The Morgan fingerprint density at radius 1 is 1.03 bits per heavy atom. The van der Waals surface area contributed by atoms with Crippen molar-refractivity contribution in [3.05, 3.63) is 83.9 Å². The van der Waals surface area contributed by atoms with Gasteiger partial charge in [0.1, 0.15) is 5.84 Å². The van der Waals surface area contributed by atoms with Crippen molar-refractivity contribution in [3.8, 4) is 11.1 Å². The number of anilines is 1. The molecular formula is C25H29N5O3S. The maximum Gasteiger partial charge on any atom is 0.322 e. The van der Waals surface area contributed by atoms with E-state index in [1.165, 1.54) is 6.07 Å². The van der Waals surface area contributed by atoms with Crippen LogP contribution in [-0.4, -0.2) is 31.7 Å². The second-order valence-corrected chi connectivity index (χ2v) is 9.47. The maximum atomic E-state index is 13.0. The zero-order valence-electron chi connectivity index (χ0n) is 19.0. The van der Waals surface area contributed by atoms with Gasteiger partial charge in [-0.2, -0.15) is 0 Å². The summed E-state index contributed by atoms with van der Waals surface area (Å²) < 4.78 is 23.8. The number of nitrogens with two attached hydrogens (primary N) is 2. The third kappa shape index (κ3) is 6.43. The highest BCUT2D eigenvalue weighted by atomic mass is 32.2. The first kappa shape index (κ1) is 24.9. The quantitative estimate of drug-likeness (QED) is 0.270. The van der Waals surface area contributed by atoms with Gasteiger partial charge in [0.25, 0.3) is 0 Å². The monoisotopic (exact) mass is 479 g/mol. The van der Waals surface area contributed by atoms with Gasteiger partial charge in [-0.15, -0.1) is 0 Å². The van der Waals surface area contributed by atoms with Gasteiger partial charge in [-0.05, 0) is 41.8 Å². The van der Waals surface area contributed by atoms with Crippen molar-refractivity contribution in [2.75, 3.05) is 11.9 Å². The number of urea groups is 1. The minimum Gasteiger partial charge on any atom is -0.384 e. The van der Waals surface area contributed by atoms with Crippen LogP contribution in [0.25, 0.3) is 11.1 Å². The molecule has 178 valence electrons. The molecule has 0 unspecified atom stereocenters. The van der Waals surface area contributed by atoms with Gasteiger partial charge >= 0.3 is 6.03 Å². The summed E-state index contributed by atoms with van der Waals surface area (Å²) in [6.45, 7) is 3.02. The van der Waals surface area contributed by atoms with Gasteiger partial charge in [0, 0.05) is 29.9 Å². The number of carbonyl (C=O) groups excluding carboxylic acids is 1. The molecule has 8 nitrogen and oxygen atoms in total. The number of nitrogens with one attached hydrogen (secondary N) is 2. The second-order valence-electron chi connectivity index (χ2n) is 7.94. The molecule has 0 saturated carbocycles. The van der Waals surface area contributed by atoms with Crippen LogP contribution < -0.4 is 16.2 Å². The van der Waals surface area contributed by atoms with Crippen molar-refractivity contribution < 1.29 is 13.2 Å². The number of nitrogen functional groups attached to an aromatic ring is 1. The second kappa shape index (κ2) is 11.0. The number of rotatable bonds is 9. The molecule has 0 aromatic heterocycles. The lowest BCUT2D eigenvalue weighted by molar-refractivity contribution is 0.208. The highest BCUT2D eigenvalue weighted by molar-refractivity contribution is 7.89. The van der Waals surface area contributed by atoms with Crippen molar-refractivity contribution in [2.24, 2.45) is 10.9 Å². The molecule has 0 saturated heterocycles. The minimum absolute atomic E-state index is 0.0180. The summed E-state index contributed by atoms with van der Waals surface area (Å²) in [6, 6.07) is 20.5. The first-order valence-electron chi connectivity index (χ1n) is 10.9. The van der Waals surface area contributed by atoms with Gasteiger partial charge in [0.05, 0.1) is 4.90 Å². The normalized spacial score (nSPS) is 11.1. The molecule has 0 radical (unpaired) electrons. The number of hydrogen-bond acceptors (Lipinski definition) is 4. The number of nitrogens with zero attached hydrogens (tertiary/aromatic N) is 1. The summed E-state index contributed by atoms with van der Waals surface area (Å²) in [5.74, 6) is -0.0180. The molecule has 3 rings (SSSR count). The van der Waals surface area contributed by atoms with E-state index in [0.29, 0.717) is 35.5 Å². The third-order valence-corrected chi connectivity index (χ3v) is 6.29. The molecular weight excluding hydrogens is 450 g/mol. The number of carbonyl (C=O) groups is 1. The molecule has 0 aliphatic rings. The molecule has 0 fully saturated rings. The summed E-state index contributed by atoms with van der Waals surface area (Å²) in [5, 5.41) is 15.9. The fourth-order valence-corrected chi connectivity index (χ4v) is 4.31. The number of hydrogen-bond donors (Lipinski definition) is 4. The van der Waals surface area contributed by atoms with Gasteiger partial charge in [-0.1, -0.05) is 61.9 Å². The SMILES string of the molecule is CCCCN(Cc1cccc(C(=N)N)c1)C(=O)Nc1ccc(-c2ccccc2S(N)(=O)=O)cc1. The van der Waals surface area contributed by atoms with Gasteiger partial charge < -0.3 is 16.0 Å². The fourth-order valence-electron chi connectivity index (χ4n) is 3.55. The number of sulfonamides is 1. The van der Waals surface area contributed by atoms with Crippen LogP contribution in [0.2, 0.25) is 0 Å². The van der Waals surface area contributed by atoms with Crippen LogP contribution in [0.1, 0.15) is 30.9 Å². The summed E-state index contributed by atoms with van der Waals surface area (Å²) in [6.07, 6.45) is 1.79. The molecule has 3 aromatic carbocycles. The molecule has 0 atom stereocenters. The fraction of sp³-hybridized carbons (Fsp3) is 0.200. The standard InChI is InChI=1S/C25H29N5O3S/c1-2-3-15-30(17-18-7-6-8-20(16-18)24(26)27)25(31)29-21-13-11-19(12-14-21)22-9-4-5-10-23(22)34(28,32)33/h4-14,16H,2-3,15,17H2,1H3,(H3,26,27)(H,29,31)(H2,28,32,33). The molecule has 2 amide bonds. The van der Waals surface area contributed by atoms with E-state index in [4.69, 9.17) is 16.3 Å². The Labute approximate surface area is 200 Å². The van der Waals surface area contributed by atoms with Crippen LogP contribution >= 0.6 is 0 Å². The lowest BCUT2D eigenvalue weighted by Gasteiger charge is -2.23. The Hall–Kier alpha value is -3.69. The summed E-state index contributed by atoms with van der Waals surface area (Å²) in [5.41, 5.74) is 8.85. The van der Waals surface area contributed by atoms with Gasteiger partial charge in [0.15, 0.2) is 0 Å². The van der Waals surface area contributed by atoms with E-state index in [1.54, 1.807) is 53.4 Å². The van der Waals surface area contributed by atoms with Crippen molar-refractivity contribution >= 4 is 27.6 Å². The minimum atomic E-state index is -3.87. The Bertz CT molecular complexity index is 1270. The van der Waals surface area contributed by atoms with Gasteiger partial charge in [0.2, 0.25) is 10.0 Å². The Morgan fingerprint density at radius 2 is 1.74 bits per heavy atom. The maximum absolute atomic E-state index is 13.0. The van der Waals surface area contributed by atoms with E-state index in [1.807, 2.05) is 18.2 Å². The molecule has 6 N–H and O–H groups in total. The molecule has 3 aromatic rings. The zero-order valence-corrected chi connectivity index (χ0v) is 19.8. The van der Waals surface area contributed by atoms with Crippen LogP contribution in [0.3, 0.4) is 0 Å². The highest BCUT2D eigenvalue weighted by Crippen LogP contribution is 2.27. The predicted octanol–water partition coefficient (Wildman–Crippen LogP) is 4.12. The van der Waals surface area contributed by atoms with E-state index >= 15 is 0 Å². The summed E-state index contributed by atoms with van der Waals surface area (Å²) >= 11 is 0. The molecule has 0 spiro atoms. The van der Waals surface area contributed by atoms with Crippen LogP contribution in [0.15, 0.2) is 77.7 Å². The molecule has 9 heteroatoms. The van der Waals surface area contributed by atoms with Crippen molar-refractivity contribution in [1.29, 1.82) is 5.41 Å². The van der Waals surface area contributed by atoms with Gasteiger partial charge in [-0.25, -0.2) is 18.4 Å². The van der Waals surface area contributed by atoms with Gasteiger partial charge in [-0.3, -0.25) is 5.41 Å². The lowest BCUT2D eigenvalue weighted by Crippen LogP contribution is -2.35. The molecule has 0 bridgehead atoms. The average molecular weight is 480 g/mol. The van der Waals surface area contributed by atoms with Crippen molar-refractivity contribution in [2.45, 2.75) is 31.2 Å². The van der Waals surface area contributed by atoms with Crippen LogP contribution in [0, 0.1) is 5.41 Å². The van der Waals surface area contributed by atoms with Crippen molar-refractivity contribution in [1.82, 2.24) is 4.90 Å². The number of amides is 2. The molecule has 0 heterocycles. The first-order valence-corrected chi connectivity index (χ1v) is 12.4. The molecule has 0 aliphatic carbocycles. The topological polar surface area (TPSA) is 142 Å². The van der Waals surface area contributed by atoms with Crippen LogP contribution in [-0.2, 0) is 16.6 Å². The smallest absolute Gasteiger partial charge is 0.322 e. The lowest BCUT2D eigenvalue weighted by atomic mass is 10.1. The summed E-state index contributed by atoms with van der Waals surface area (Å²) in [4.78, 5) is 14.8. The Balaban J connectivity index is 1.77. The Kier molecular flexibility index (Phi) is 8.04. The Morgan fingerprint density at radius 3 is 2.38 bits per heavy atom. The van der Waals surface area contributed by atoms with Crippen LogP contribution in [0.5, 0.6) is 0 Å². The van der Waals surface area contributed by atoms with E-state index in [-0.39, 0.29) is 16.8 Å². The highest BCUT2D eigenvalue weighted by Gasteiger charge is 2.16. The average Bonchev–Trinajstić information content (AvgIpc) is 2.82. The van der Waals surface area contributed by atoms with E-state index < -0.39 is 10.0 Å².